The van der Waals surface area contributed by atoms with Crippen LogP contribution in [0, 0.1) is 5.92 Å². The van der Waals surface area contributed by atoms with Crippen LogP contribution in [0.5, 0.6) is 5.75 Å². The first kappa shape index (κ1) is 12.2. The maximum Gasteiger partial charge on any atom is 0.224 e. The zero-order valence-corrected chi connectivity index (χ0v) is 10.9. The van der Waals surface area contributed by atoms with Gasteiger partial charge >= 0.3 is 0 Å². The lowest BCUT2D eigenvalue weighted by Gasteiger charge is -2.24. The van der Waals surface area contributed by atoms with Crippen LogP contribution in [-0.2, 0) is 11.2 Å². The summed E-state index contributed by atoms with van der Waals surface area (Å²) in [5, 5.41) is 2.98. The van der Waals surface area contributed by atoms with Crippen LogP contribution in [-0.4, -0.2) is 24.8 Å². The van der Waals surface area contributed by atoms with E-state index < -0.39 is 0 Å². The summed E-state index contributed by atoms with van der Waals surface area (Å²) in [7, 11) is 1.59. The quantitative estimate of drug-likeness (QED) is 0.899. The number of fused-ring (bicyclic) bond motifs is 1. The second-order valence-corrected chi connectivity index (χ2v) is 5.30. The molecule has 100 valence electrons. The number of hydrogen-bond acceptors (Lipinski definition) is 3. The van der Waals surface area contributed by atoms with E-state index in [1.54, 1.807) is 7.11 Å². The van der Waals surface area contributed by atoms with Gasteiger partial charge in [-0.25, -0.2) is 0 Å². The minimum atomic E-state index is -0.253. The SMILES string of the molecule is COc1cccc2c1CC(C(=O)NC1CC1)CC2=O. The molecule has 1 saturated carbocycles. The maximum atomic E-state index is 12.1. The highest BCUT2D eigenvalue weighted by Crippen LogP contribution is 2.32. The Kier molecular flexibility index (Phi) is 3.01. The van der Waals surface area contributed by atoms with Gasteiger partial charge in [-0.2, -0.15) is 0 Å². The minimum Gasteiger partial charge on any atom is -0.496 e. The molecule has 4 nitrogen and oxygen atoms in total. The summed E-state index contributed by atoms with van der Waals surface area (Å²) >= 11 is 0. The number of Topliss-reactive ketones (excluding diaryl/α,β-unsaturated/α-hetero) is 1. The molecule has 3 rings (SSSR count). The van der Waals surface area contributed by atoms with Crippen LogP contribution in [0.3, 0.4) is 0 Å². The van der Waals surface area contributed by atoms with Crippen LogP contribution in [0.1, 0.15) is 35.2 Å². The third kappa shape index (κ3) is 2.35. The molecule has 19 heavy (non-hydrogen) atoms. The van der Waals surface area contributed by atoms with Gasteiger partial charge in [0.25, 0.3) is 0 Å². The predicted octanol–water partition coefficient (Wildman–Crippen LogP) is 1.72. The predicted molar refractivity (Wildman–Crippen MR) is 70.3 cm³/mol. The van der Waals surface area contributed by atoms with Gasteiger partial charge in [-0.15, -0.1) is 0 Å². The van der Waals surface area contributed by atoms with Crippen LogP contribution >= 0.6 is 0 Å². The number of carbonyl (C=O) groups excluding carboxylic acids is 2. The number of carbonyl (C=O) groups is 2. The van der Waals surface area contributed by atoms with Gasteiger partial charge in [0.15, 0.2) is 5.78 Å². The van der Waals surface area contributed by atoms with Crippen molar-refractivity contribution in [1.29, 1.82) is 0 Å². The third-order valence-corrected chi connectivity index (χ3v) is 3.83. The van der Waals surface area contributed by atoms with Crippen LogP contribution in [0.2, 0.25) is 0 Å². The van der Waals surface area contributed by atoms with Gasteiger partial charge in [0.1, 0.15) is 5.75 Å². The molecule has 0 saturated heterocycles. The molecule has 1 aromatic rings. The topological polar surface area (TPSA) is 55.4 Å². The molecule has 0 radical (unpaired) electrons. The average molecular weight is 259 g/mol. The summed E-state index contributed by atoms with van der Waals surface area (Å²) in [6, 6.07) is 5.81. The molecule has 1 fully saturated rings. The largest absolute Gasteiger partial charge is 0.496 e. The zero-order chi connectivity index (χ0) is 13.4. The van der Waals surface area contributed by atoms with Gasteiger partial charge in [0.2, 0.25) is 5.91 Å². The van der Waals surface area contributed by atoms with E-state index in [0.717, 1.165) is 18.4 Å². The highest BCUT2D eigenvalue weighted by atomic mass is 16.5. The highest BCUT2D eigenvalue weighted by Gasteiger charge is 2.34. The summed E-state index contributed by atoms with van der Waals surface area (Å²) in [5.74, 6) is 0.496. The number of methoxy groups -OCH3 is 1. The van der Waals surface area contributed by atoms with E-state index >= 15 is 0 Å². The summed E-state index contributed by atoms with van der Waals surface area (Å²) in [5.41, 5.74) is 1.58. The lowest BCUT2D eigenvalue weighted by molar-refractivity contribution is -0.125. The molecule has 0 aromatic heterocycles. The molecule has 0 spiro atoms. The second kappa shape index (κ2) is 4.68. The Labute approximate surface area is 112 Å². The monoisotopic (exact) mass is 259 g/mol. The van der Waals surface area contributed by atoms with Crippen molar-refractivity contribution >= 4 is 11.7 Å². The lowest BCUT2D eigenvalue weighted by Crippen LogP contribution is -2.37. The Hall–Kier alpha value is -1.84. The number of rotatable bonds is 3. The molecule has 4 heteroatoms. The number of hydrogen-bond donors (Lipinski definition) is 1. The average Bonchev–Trinajstić information content (AvgIpc) is 3.22. The van der Waals surface area contributed by atoms with Crippen molar-refractivity contribution in [3.05, 3.63) is 29.3 Å². The molecule has 0 aliphatic heterocycles. The van der Waals surface area contributed by atoms with Gasteiger partial charge < -0.3 is 10.1 Å². The highest BCUT2D eigenvalue weighted by molar-refractivity contribution is 6.02. The van der Waals surface area contributed by atoms with E-state index in [1.165, 1.54) is 0 Å². The van der Waals surface area contributed by atoms with E-state index in [0.29, 0.717) is 30.2 Å². The van der Waals surface area contributed by atoms with Crippen molar-refractivity contribution in [2.45, 2.75) is 31.7 Å². The van der Waals surface area contributed by atoms with Crippen molar-refractivity contribution < 1.29 is 14.3 Å². The lowest BCUT2D eigenvalue weighted by atomic mass is 9.82. The summed E-state index contributed by atoms with van der Waals surface area (Å²) in [6.07, 6.45) is 3.01. The zero-order valence-electron chi connectivity index (χ0n) is 10.9. The van der Waals surface area contributed by atoms with E-state index in [2.05, 4.69) is 5.32 Å². The Morgan fingerprint density at radius 1 is 1.32 bits per heavy atom. The van der Waals surface area contributed by atoms with Crippen LogP contribution in [0.15, 0.2) is 18.2 Å². The molecule has 1 N–H and O–H groups in total. The Morgan fingerprint density at radius 2 is 2.11 bits per heavy atom. The molecule has 2 aliphatic rings. The first-order valence-corrected chi connectivity index (χ1v) is 6.68. The number of ketones is 1. The molecular formula is C15H17NO3. The summed E-state index contributed by atoms with van der Waals surface area (Å²) in [6.45, 7) is 0. The van der Waals surface area contributed by atoms with Gasteiger partial charge in [-0.3, -0.25) is 9.59 Å². The molecule has 2 aliphatic carbocycles. The normalized spacial score (nSPS) is 21.7. The fourth-order valence-corrected chi connectivity index (χ4v) is 2.61. The van der Waals surface area contributed by atoms with E-state index in [1.807, 2.05) is 18.2 Å². The molecule has 0 heterocycles. The Bertz CT molecular complexity index is 534. The molecule has 0 bridgehead atoms. The Balaban J connectivity index is 1.85. The van der Waals surface area contributed by atoms with Crippen LogP contribution in [0.4, 0.5) is 0 Å². The van der Waals surface area contributed by atoms with E-state index in [9.17, 15) is 9.59 Å². The fourth-order valence-electron chi connectivity index (χ4n) is 2.61. The molecule has 1 aromatic carbocycles. The van der Waals surface area contributed by atoms with Crippen LogP contribution in [0.25, 0.3) is 0 Å². The van der Waals surface area contributed by atoms with Crippen molar-refractivity contribution in [3.8, 4) is 5.75 Å². The fraction of sp³-hybridized carbons (Fsp3) is 0.467. The first-order valence-electron chi connectivity index (χ1n) is 6.68. The van der Waals surface area contributed by atoms with Crippen molar-refractivity contribution in [1.82, 2.24) is 5.32 Å². The van der Waals surface area contributed by atoms with Crippen molar-refractivity contribution in [2.75, 3.05) is 7.11 Å². The standard InChI is InChI=1S/C15H17NO3/c1-19-14-4-2-3-11-12(14)7-9(8-13(11)17)15(18)16-10-5-6-10/h2-4,9-10H,5-8H2,1H3,(H,16,18). The van der Waals surface area contributed by atoms with Gasteiger partial charge in [0, 0.05) is 29.5 Å². The number of ether oxygens (including phenoxy) is 1. The summed E-state index contributed by atoms with van der Waals surface area (Å²) in [4.78, 5) is 24.2. The van der Waals surface area contributed by atoms with Gasteiger partial charge in [-0.05, 0) is 25.3 Å². The molecular weight excluding hydrogens is 242 g/mol. The van der Waals surface area contributed by atoms with E-state index in [-0.39, 0.29) is 17.6 Å². The third-order valence-electron chi connectivity index (χ3n) is 3.83. The van der Waals surface area contributed by atoms with E-state index in [4.69, 9.17) is 4.74 Å². The second-order valence-electron chi connectivity index (χ2n) is 5.30. The summed E-state index contributed by atoms with van der Waals surface area (Å²) < 4.78 is 5.30. The molecule has 1 unspecified atom stereocenters. The van der Waals surface area contributed by atoms with Gasteiger partial charge in [-0.1, -0.05) is 12.1 Å². The molecule has 1 amide bonds. The van der Waals surface area contributed by atoms with Gasteiger partial charge in [0.05, 0.1) is 7.11 Å². The number of nitrogens with one attached hydrogen (secondary N) is 1. The smallest absolute Gasteiger partial charge is 0.224 e. The number of amides is 1. The molecule has 1 atom stereocenters. The van der Waals surface area contributed by atoms with Crippen LogP contribution < -0.4 is 10.1 Å². The first-order chi connectivity index (χ1) is 9.19. The minimum absolute atomic E-state index is 0.00686. The number of benzene rings is 1. The Morgan fingerprint density at radius 3 is 2.79 bits per heavy atom. The maximum absolute atomic E-state index is 12.1. The van der Waals surface area contributed by atoms with Crippen molar-refractivity contribution in [2.24, 2.45) is 5.92 Å². The van der Waals surface area contributed by atoms with Crippen molar-refractivity contribution in [3.63, 3.8) is 0 Å².